The third-order valence-electron chi connectivity index (χ3n) is 4.79. The lowest BCUT2D eigenvalue weighted by molar-refractivity contribution is -0.117. The van der Waals surface area contributed by atoms with E-state index in [2.05, 4.69) is 21.2 Å². The number of nitrogens with zero attached hydrogens (tertiary/aromatic N) is 4. The van der Waals surface area contributed by atoms with E-state index in [1.165, 1.54) is 17.3 Å². The Morgan fingerprint density at radius 2 is 2.00 bits per heavy atom. The summed E-state index contributed by atoms with van der Waals surface area (Å²) in [6.07, 6.45) is 0.915. The van der Waals surface area contributed by atoms with Crippen molar-refractivity contribution >= 4 is 40.2 Å². The average Bonchev–Trinajstić information content (AvgIpc) is 3.35. The first-order valence-electron chi connectivity index (χ1n) is 8.60. The van der Waals surface area contributed by atoms with Crippen molar-refractivity contribution in [3.63, 3.8) is 0 Å². The van der Waals surface area contributed by atoms with Crippen molar-refractivity contribution in [2.24, 2.45) is 0 Å². The van der Waals surface area contributed by atoms with Gasteiger partial charge in [-0.1, -0.05) is 42.1 Å². The fourth-order valence-corrected chi connectivity index (χ4v) is 4.45. The number of thioether (sulfide) groups is 1. The van der Waals surface area contributed by atoms with Crippen LogP contribution in [0, 0.1) is 0 Å². The monoisotopic (exact) mass is 363 g/mol. The molecule has 1 N–H and O–H groups in total. The largest absolute Gasteiger partial charge is 0.311 e. The molecular formula is C19H17N5OS. The van der Waals surface area contributed by atoms with Gasteiger partial charge in [0.25, 0.3) is 0 Å². The van der Waals surface area contributed by atoms with Gasteiger partial charge in [-0.3, -0.25) is 9.20 Å². The molecule has 3 heterocycles. The summed E-state index contributed by atoms with van der Waals surface area (Å²) in [4.78, 5) is 19.4. The second-order valence-electron chi connectivity index (χ2n) is 6.39. The molecule has 1 aliphatic heterocycles. The highest BCUT2D eigenvalue weighted by atomic mass is 32.2. The Kier molecular flexibility index (Phi) is 3.49. The zero-order valence-electron chi connectivity index (χ0n) is 14.2. The van der Waals surface area contributed by atoms with Crippen LogP contribution in [-0.4, -0.2) is 37.3 Å². The molecule has 2 aromatic carbocycles. The van der Waals surface area contributed by atoms with E-state index >= 15 is 0 Å². The van der Waals surface area contributed by atoms with Gasteiger partial charge in [-0.05, 0) is 37.1 Å². The molecule has 130 valence electrons. The van der Waals surface area contributed by atoms with E-state index in [0.717, 1.165) is 34.8 Å². The molecule has 4 aromatic rings. The Hall–Kier alpha value is -2.80. The molecule has 0 unspecified atom stereocenters. The van der Waals surface area contributed by atoms with Crippen LogP contribution >= 0.6 is 11.8 Å². The fourth-order valence-electron chi connectivity index (χ4n) is 3.52. The number of aromatic nitrogens is 4. The normalized spacial score (nSPS) is 14.9. The molecule has 0 spiro atoms. The predicted octanol–water partition coefficient (Wildman–Crippen LogP) is 3.28. The maximum Gasteiger partial charge on any atom is 0.240 e. The number of hydrogen-bond acceptors (Lipinski definition) is 4. The number of amides is 1. The van der Waals surface area contributed by atoms with Gasteiger partial charge in [-0.25, -0.2) is 10.1 Å². The van der Waals surface area contributed by atoms with Crippen molar-refractivity contribution in [2.45, 2.75) is 23.8 Å². The molecule has 26 heavy (non-hydrogen) atoms. The summed E-state index contributed by atoms with van der Waals surface area (Å²) in [5.74, 6) is 0.806. The second-order valence-corrected chi connectivity index (χ2v) is 7.70. The number of H-pyrrole nitrogens is 1. The van der Waals surface area contributed by atoms with E-state index in [4.69, 9.17) is 0 Å². The number of para-hydroxylation sites is 3. The van der Waals surface area contributed by atoms with E-state index in [-0.39, 0.29) is 11.2 Å². The molecule has 0 bridgehead atoms. The van der Waals surface area contributed by atoms with Gasteiger partial charge in [0.1, 0.15) is 0 Å². The number of hydrogen-bond donors (Lipinski definition) is 1. The van der Waals surface area contributed by atoms with Gasteiger partial charge >= 0.3 is 0 Å². The van der Waals surface area contributed by atoms with Crippen LogP contribution in [0.25, 0.3) is 16.8 Å². The minimum Gasteiger partial charge on any atom is -0.311 e. The molecule has 0 radical (unpaired) electrons. The Labute approximate surface area is 154 Å². The van der Waals surface area contributed by atoms with Gasteiger partial charge in [0.2, 0.25) is 11.7 Å². The molecule has 0 fully saturated rings. The van der Waals surface area contributed by atoms with Crippen LogP contribution < -0.4 is 4.90 Å². The molecule has 1 atom stereocenters. The molecule has 0 aliphatic carbocycles. The first-order valence-corrected chi connectivity index (χ1v) is 9.48. The van der Waals surface area contributed by atoms with Crippen LogP contribution in [0.4, 0.5) is 5.69 Å². The fraction of sp³-hybridized carbons (Fsp3) is 0.211. The Morgan fingerprint density at radius 1 is 1.19 bits per heavy atom. The highest BCUT2D eigenvalue weighted by Crippen LogP contribution is 2.32. The maximum absolute atomic E-state index is 13.0. The Balaban J connectivity index is 1.45. The lowest BCUT2D eigenvalue weighted by atomic mass is 10.2. The SMILES string of the molecule is C[C@H](Sc1n[nH]c2nc3ccccc3n12)C(=O)N1CCc2ccccc21. The zero-order valence-corrected chi connectivity index (χ0v) is 15.0. The highest BCUT2D eigenvalue weighted by molar-refractivity contribution is 8.00. The van der Waals surface area contributed by atoms with E-state index < -0.39 is 0 Å². The summed E-state index contributed by atoms with van der Waals surface area (Å²) >= 11 is 1.46. The van der Waals surface area contributed by atoms with Crippen LogP contribution in [0.15, 0.2) is 53.7 Å². The standard InChI is InChI=1S/C19H17N5OS/c1-12(17(25)23-11-10-13-6-2-4-8-15(13)23)26-19-22-21-18-20-14-7-3-5-9-16(14)24(18)19/h2-9,12H,10-11H2,1H3,(H,20,21)/t12-/m0/s1. The molecule has 1 amide bonds. The number of imidazole rings is 1. The van der Waals surface area contributed by atoms with E-state index in [1.807, 2.05) is 58.7 Å². The number of fused-ring (bicyclic) bond motifs is 4. The van der Waals surface area contributed by atoms with Crippen LogP contribution in [0.5, 0.6) is 0 Å². The quantitative estimate of drug-likeness (QED) is 0.567. The summed E-state index contributed by atoms with van der Waals surface area (Å²) in [5.41, 5.74) is 4.17. The van der Waals surface area contributed by atoms with Crippen LogP contribution in [0.2, 0.25) is 0 Å². The minimum atomic E-state index is -0.242. The summed E-state index contributed by atoms with van der Waals surface area (Å²) in [5, 5.41) is 7.84. The Bertz CT molecular complexity index is 1130. The Morgan fingerprint density at radius 3 is 2.92 bits per heavy atom. The van der Waals surface area contributed by atoms with E-state index in [9.17, 15) is 4.79 Å². The predicted molar refractivity (Wildman–Crippen MR) is 103 cm³/mol. The number of nitrogens with one attached hydrogen (secondary N) is 1. The van der Waals surface area contributed by atoms with Crippen molar-refractivity contribution in [3.05, 3.63) is 54.1 Å². The number of aromatic amines is 1. The minimum absolute atomic E-state index is 0.112. The van der Waals surface area contributed by atoms with Crippen molar-refractivity contribution in [1.82, 2.24) is 19.6 Å². The molecule has 5 rings (SSSR count). The molecule has 1 aliphatic rings. The molecule has 7 heteroatoms. The lowest BCUT2D eigenvalue weighted by Gasteiger charge is -2.20. The summed E-state index contributed by atoms with van der Waals surface area (Å²) in [6.45, 7) is 2.68. The number of carbonyl (C=O) groups excluding carboxylic acids is 1. The summed E-state index contributed by atoms with van der Waals surface area (Å²) in [7, 11) is 0. The highest BCUT2D eigenvalue weighted by Gasteiger charge is 2.29. The third-order valence-corrected chi connectivity index (χ3v) is 5.83. The van der Waals surface area contributed by atoms with E-state index in [0.29, 0.717) is 5.78 Å². The number of anilines is 1. The molecule has 0 saturated heterocycles. The van der Waals surface area contributed by atoms with Crippen LogP contribution in [0.1, 0.15) is 12.5 Å². The van der Waals surface area contributed by atoms with Gasteiger partial charge in [0.05, 0.1) is 16.3 Å². The van der Waals surface area contributed by atoms with Crippen molar-refractivity contribution < 1.29 is 4.79 Å². The van der Waals surface area contributed by atoms with Gasteiger partial charge in [0.15, 0.2) is 5.16 Å². The van der Waals surface area contributed by atoms with Gasteiger partial charge in [0, 0.05) is 12.2 Å². The smallest absolute Gasteiger partial charge is 0.240 e. The summed E-state index contributed by atoms with van der Waals surface area (Å²) < 4.78 is 1.97. The zero-order chi connectivity index (χ0) is 17.7. The van der Waals surface area contributed by atoms with Crippen molar-refractivity contribution in [2.75, 3.05) is 11.4 Å². The van der Waals surface area contributed by atoms with Crippen molar-refractivity contribution in [1.29, 1.82) is 0 Å². The maximum atomic E-state index is 13.0. The number of benzene rings is 2. The topological polar surface area (TPSA) is 66.3 Å². The van der Waals surface area contributed by atoms with Gasteiger partial charge in [-0.2, -0.15) is 0 Å². The molecule has 6 nitrogen and oxygen atoms in total. The average molecular weight is 363 g/mol. The lowest BCUT2D eigenvalue weighted by Crippen LogP contribution is -2.35. The molecule has 0 saturated carbocycles. The van der Waals surface area contributed by atoms with E-state index in [1.54, 1.807) is 0 Å². The summed E-state index contributed by atoms with van der Waals surface area (Å²) in [6, 6.07) is 16.0. The van der Waals surface area contributed by atoms with Gasteiger partial charge in [-0.15, -0.1) is 5.10 Å². The number of carbonyl (C=O) groups is 1. The first-order chi connectivity index (χ1) is 12.7. The number of rotatable bonds is 3. The molecule has 2 aromatic heterocycles. The van der Waals surface area contributed by atoms with Crippen LogP contribution in [-0.2, 0) is 11.2 Å². The third kappa shape index (κ3) is 2.31. The molecular weight excluding hydrogens is 346 g/mol. The first kappa shape index (κ1) is 15.5. The van der Waals surface area contributed by atoms with Gasteiger partial charge < -0.3 is 4.90 Å². The van der Waals surface area contributed by atoms with Crippen LogP contribution in [0.3, 0.4) is 0 Å². The second kappa shape index (κ2) is 5.88. The van der Waals surface area contributed by atoms with Crippen molar-refractivity contribution in [3.8, 4) is 0 Å².